The van der Waals surface area contributed by atoms with Crippen LogP contribution in [0.15, 0.2) is 0 Å². The SMILES string of the molecule is CC1CCC(C(=O)N(CCO)C2CCCCC2)CN1. The second kappa shape index (κ2) is 7.25. The Kier molecular flexibility index (Phi) is 5.64. The molecule has 0 aromatic carbocycles. The molecule has 4 heteroatoms. The van der Waals surface area contributed by atoms with Gasteiger partial charge in [-0.15, -0.1) is 0 Å². The number of aliphatic hydroxyl groups excluding tert-OH is 1. The lowest BCUT2D eigenvalue weighted by Crippen LogP contribution is -2.50. The highest BCUT2D eigenvalue weighted by Crippen LogP contribution is 2.25. The van der Waals surface area contributed by atoms with Crippen LogP contribution < -0.4 is 5.32 Å². The molecule has 2 aliphatic rings. The summed E-state index contributed by atoms with van der Waals surface area (Å²) in [5.41, 5.74) is 0. The maximum absolute atomic E-state index is 12.7. The Morgan fingerprint density at radius 2 is 1.95 bits per heavy atom. The molecule has 0 spiro atoms. The van der Waals surface area contributed by atoms with Crippen molar-refractivity contribution in [3.05, 3.63) is 0 Å². The number of amides is 1. The molecule has 1 amide bonds. The minimum absolute atomic E-state index is 0.0821. The Labute approximate surface area is 116 Å². The number of nitrogens with zero attached hydrogens (tertiary/aromatic N) is 1. The molecule has 2 atom stereocenters. The summed E-state index contributed by atoms with van der Waals surface area (Å²) in [7, 11) is 0. The summed E-state index contributed by atoms with van der Waals surface area (Å²) in [5, 5.41) is 12.6. The predicted molar refractivity (Wildman–Crippen MR) is 75.9 cm³/mol. The topological polar surface area (TPSA) is 52.6 Å². The molecule has 0 aromatic rings. The van der Waals surface area contributed by atoms with Crippen molar-refractivity contribution in [2.45, 2.75) is 64.0 Å². The average molecular weight is 268 g/mol. The fourth-order valence-corrected chi connectivity index (χ4v) is 3.42. The third kappa shape index (κ3) is 3.93. The highest BCUT2D eigenvalue weighted by atomic mass is 16.3. The first kappa shape index (κ1) is 14.8. The molecule has 0 bridgehead atoms. The van der Waals surface area contributed by atoms with Gasteiger partial charge >= 0.3 is 0 Å². The molecule has 0 radical (unpaired) electrons. The Bertz CT molecular complexity index is 282. The lowest BCUT2D eigenvalue weighted by atomic mass is 9.90. The van der Waals surface area contributed by atoms with Crippen LogP contribution in [-0.2, 0) is 4.79 Å². The second-order valence-corrected chi connectivity index (χ2v) is 6.13. The van der Waals surface area contributed by atoms with E-state index in [2.05, 4.69) is 12.2 Å². The maximum atomic E-state index is 12.7. The van der Waals surface area contributed by atoms with E-state index in [0.29, 0.717) is 18.6 Å². The van der Waals surface area contributed by atoms with Crippen LogP contribution in [0.5, 0.6) is 0 Å². The number of carbonyl (C=O) groups excluding carboxylic acids is 1. The van der Waals surface area contributed by atoms with E-state index in [1.807, 2.05) is 4.90 Å². The summed E-state index contributed by atoms with van der Waals surface area (Å²) in [4.78, 5) is 14.6. The molecular formula is C15H28N2O2. The standard InChI is InChI=1S/C15H28N2O2/c1-12-7-8-13(11-16-12)15(19)17(9-10-18)14-5-3-2-4-6-14/h12-14,16,18H,2-11H2,1H3. The third-order valence-electron chi connectivity index (χ3n) is 4.65. The summed E-state index contributed by atoms with van der Waals surface area (Å²) in [5.74, 6) is 0.380. The van der Waals surface area contributed by atoms with Crippen LogP contribution >= 0.6 is 0 Å². The van der Waals surface area contributed by atoms with Crippen LogP contribution in [0.3, 0.4) is 0 Å². The number of nitrogens with one attached hydrogen (secondary N) is 1. The van der Waals surface area contributed by atoms with E-state index >= 15 is 0 Å². The zero-order valence-corrected chi connectivity index (χ0v) is 12.1. The van der Waals surface area contributed by atoms with Crippen molar-refractivity contribution in [1.82, 2.24) is 10.2 Å². The van der Waals surface area contributed by atoms with Crippen LogP contribution in [0.1, 0.15) is 51.9 Å². The van der Waals surface area contributed by atoms with Crippen LogP contribution in [0, 0.1) is 5.92 Å². The summed E-state index contributed by atoms with van der Waals surface area (Å²) in [6.45, 7) is 3.57. The first-order chi connectivity index (χ1) is 9.22. The smallest absolute Gasteiger partial charge is 0.227 e. The number of rotatable bonds is 4. The largest absolute Gasteiger partial charge is 0.395 e. The van der Waals surface area contributed by atoms with E-state index in [4.69, 9.17) is 0 Å². The summed E-state index contributed by atoms with van der Waals surface area (Å²) >= 11 is 0. The number of piperidine rings is 1. The lowest BCUT2D eigenvalue weighted by Gasteiger charge is -2.38. The number of hydrogen-bond donors (Lipinski definition) is 2. The minimum Gasteiger partial charge on any atom is -0.395 e. The average Bonchev–Trinajstić information content (AvgIpc) is 2.46. The van der Waals surface area contributed by atoms with Gasteiger partial charge in [0.05, 0.1) is 12.5 Å². The number of carbonyl (C=O) groups is 1. The molecular weight excluding hydrogens is 240 g/mol. The van der Waals surface area contributed by atoms with Crippen molar-refractivity contribution in [3.63, 3.8) is 0 Å². The minimum atomic E-state index is 0.0821. The molecule has 4 nitrogen and oxygen atoms in total. The van der Waals surface area contributed by atoms with E-state index in [0.717, 1.165) is 32.2 Å². The summed E-state index contributed by atoms with van der Waals surface area (Å²) in [6.07, 6.45) is 8.03. The first-order valence-corrected chi connectivity index (χ1v) is 7.87. The summed E-state index contributed by atoms with van der Waals surface area (Å²) in [6, 6.07) is 0.901. The monoisotopic (exact) mass is 268 g/mol. The number of aliphatic hydroxyl groups is 1. The zero-order chi connectivity index (χ0) is 13.7. The normalized spacial score (nSPS) is 29.2. The second-order valence-electron chi connectivity index (χ2n) is 6.13. The molecule has 2 N–H and O–H groups in total. The molecule has 2 rings (SSSR count). The van der Waals surface area contributed by atoms with Crippen LogP contribution in [0.2, 0.25) is 0 Å². The fourth-order valence-electron chi connectivity index (χ4n) is 3.42. The van der Waals surface area contributed by atoms with E-state index < -0.39 is 0 Å². The van der Waals surface area contributed by atoms with Gasteiger partial charge in [0.25, 0.3) is 0 Å². The van der Waals surface area contributed by atoms with Gasteiger partial charge in [-0.3, -0.25) is 4.79 Å². The predicted octanol–water partition coefficient (Wildman–Crippen LogP) is 1.53. The van der Waals surface area contributed by atoms with Crippen molar-refractivity contribution in [2.24, 2.45) is 5.92 Å². The van der Waals surface area contributed by atoms with Crippen molar-refractivity contribution in [3.8, 4) is 0 Å². The highest BCUT2D eigenvalue weighted by molar-refractivity contribution is 5.79. The Morgan fingerprint density at radius 3 is 2.53 bits per heavy atom. The van der Waals surface area contributed by atoms with Gasteiger partial charge < -0.3 is 15.3 Å². The number of hydrogen-bond acceptors (Lipinski definition) is 3. The Hall–Kier alpha value is -0.610. The molecule has 2 unspecified atom stereocenters. The molecule has 1 heterocycles. The van der Waals surface area contributed by atoms with Gasteiger partial charge in [-0.2, -0.15) is 0 Å². The molecule has 2 fully saturated rings. The molecule has 0 aromatic heterocycles. The van der Waals surface area contributed by atoms with E-state index in [-0.39, 0.29) is 18.4 Å². The van der Waals surface area contributed by atoms with E-state index in [1.54, 1.807) is 0 Å². The summed E-state index contributed by atoms with van der Waals surface area (Å²) < 4.78 is 0. The fraction of sp³-hybridized carbons (Fsp3) is 0.933. The quantitative estimate of drug-likeness (QED) is 0.813. The Morgan fingerprint density at radius 1 is 1.21 bits per heavy atom. The van der Waals surface area contributed by atoms with E-state index in [1.165, 1.54) is 19.3 Å². The zero-order valence-electron chi connectivity index (χ0n) is 12.1. The maximum Gasteiger partial charge on any atom is 0.227 e. The van der Waals surface area contributed by atoms with Crippen molar-refractivity contribution < 1.29 is 9.90 Å². The molecule has 1 saturated heterocycles. The van der Waals surface area contributed by atoms with Gasteiger partial charge in [-0.25, -0.2) is 0 Å². The molecule has 1 saturated carbocycles. The molecule has 19 heavy (non-hydrogen) atoms. The van der Waals surface area contributed by atoms with Crippen molar-refractivity contribution >= 4 is 5.91 Å². The van der Waals surface area contributed by atoms with Gasteiger partial charge in [0.2, 0.25) is 5.91 Å². The van der Waals surface area contributed by atoms with Gasteiger partial charge in [0.15, 0.2) is 0 Å². The van der Waals surface area contributed by atoms with Crippen molar-refractivity contribution in [2.75, 3.05) is 19.7 Å². The highest BCUT2D eigenvalue weighted by Gasteiger charge is 2.31. The van der Waals surface area contributed by atoms with Gasteiger partial charge in [0, 0.05) is 25.2 Å². The molecule has 110 valence electrons. The van der Waals surface area contributed by atoms with Gasteiger partial charge in [-0.05, 0) is 32.6 Å². The van der Waals surface area contributed by atoms with Gasteiger partial charge in [-0.1, -0.05) is 19.3 Å². The van der Waals surface area contributed by atoms with Crippen LogP contribution in [0.4, 0.5) is 0 Å². The third-order valence-corrected chi connectivity index (χ3v) is 4.65. The van der Waals surface area contributed by atoms with Crippen molar-refractivity contribution in [1.29, 1.82) is 0 Å². The van der Waals surface area contributed by atoms with Crippen LogP contribution in [-0.4, -0.2) is 47.7 Å². The first-order valence-electron chi connectivity index (χ1n) is 7.87. The van der Waals surface area contributed by atoms with Gasteiger partial charge in [0.1, 0.15) is 0 Å². The lowest BCUT2D eigenvalue weighted by molar-refractivity contribution is -0.140. The molecule has 1 aliphatic carbocycles. The van der Waals surface area contributed by atoms with Crippen LogP contribution in [0.25, 0.3) is 0 Å². The molecule has 1 aliphatic heterocycles. The van der Waals surface area contributed by atoms with E-state index in [9.17, 15) is 9.90 Å². The Balaban J connectivity index is 1.95.